The molecule has 0 bridgehead atoms. The molecule has 2 aliphatic rings. The van der Waals surface area contributed by atoms with Gasteiger partial charge in [0, 0.05) is 0 Å². The molecule has 20 heavy (non-hydrogen) atoms. The third-order valence-electron chi connectivity index (χ3n) is 3.55. The van der Waals surface area contributed by atoms with Gasteiger partial charge in [-0.2, -0.15) is 30.7 Å². The molecule has 2 unspecified atom stereocenters. The molecule has 2 rings (SSSR count). The Morgan fingerprint density at radius 2 is 1.70 bits per heavy atom. The van der Waals surface area contributed by atoms with Crippen LogP contribution in [-0.2, 0) is 4.84 Å². The number of rotatable bonds is 2. The Morgan fingerprint density at radius 3 is 2.25 bits per heavy atom. The highest BCUT2D eigenvalue weighted by Crippen LogP contribution is 2.56. The molecule has 1 saturated carbocycles. The van der Waals surface area contributed by atoms with E-state index in [1.165, 1.54) is 0 Å². The van der Waals surface area contributed by atoms with Gasteiger partial charge in [-0.05, 0) is 19.3 Å². The summed E-state index contributed by atoms with van der Waals surface area (Å²) in [7, 11) is 0. The number of nitrogens with zero attached hydrogens (tertiary/aromatic N) is 1. The fourth-order valence-electron chi connectivity index (χ4n) is 2.40. The SMILES string of the molecule is OC1(C(F)(F)C(F)(F)C(F)(F)F)ON=C2CCCCC21. The Labute approximate surface area is 108 Å². The molecule has 1 aliphatic heterocycles. The van der Waals surface area contributed by atoms with Crippen molar-refractivity contribution in [1.29, 1.82) is 0 Å². The van der Waals surface area contributed by atoms with Gasteiger partial charge in [0.15, 0.2) is 0 Å². The number of halogens is 7. The van der Waals surface area contributed by atoms with E-state index >= 15 is 0 Å². The maximum Gasteiger partial charge on any atom is 0.460 e. The van der Waals surface area contributed by atoms with Gasteiger partial charge in [0.05, 0.1) is 11.6 Å². The molecule has 0 radical (unpaired) electrons. The molecular weight excluding hydrogens is 299 g/mol. The molecular formula is C10H10F7NO2. The topological polar surface area (TPSA) is 41.8 Å². The normalized spacial score (nSPS) is 31.6. The van der Waals surface area contributed by atoms with Gasteiger partial charge in [0.2, 0.25) is 0 Å². The minimum atomic E-state index is -6.52. The van der Waals surface area contributed by atoms with Crippen molar-refractivity contribution in [2.24, 2.45) is 11.1 Å². The summed E-state index contributed by atoms with van der Waals surface area (Å²) >= 11 is 0. The van der Waals surface area contributed by atoms with Crippen LogP contribution in [0.5, 0.6) is 0 Å². The molecule has 0 aromatic heterocycles. The third kappa shape index (κ3) is 1.80. The van der Waals surface area contributed by atoms with E-state index in [0.29, 0.717) is 12.8 Å². The molecule has 0 aromatic rings. The second kappa shape index (κ2) is 4.22. The molecule has 1 aliphatic carbocycles. The number of hydrogen-bond acceptors (Lipinski definition) is 3. The molecule has 3 nitrogen and oxygen atoms in total. The summed E-state index contributed by atoms with van der Waals surface area (Å²) in [5.74, 6) is -17.9. The predicted molar refractivity (Wildman–Crippen MR) is 51.4 cm³/mol. The average molecular weight is 309 g/mol. The quantitative estimate of drug-likeness (QED) is 0.797. The Balaban J connectivity index is 2.39. The second-order valence-electron chi connectivity index (χ2n) is 4.82. The van der Waals surface area contributed by atoms with E-state index in [4.69, 9.17) is 0 Å². The van der Waals surface area contributed by atoms with E-state index in [1.54, 1.807) is 0 Å². The lowest BCUT2D eigenvalue weighted by atomic mass is 9.78. The highest BCUT2D eigenvalue weighted by Gasteiger charge is 2.83. The number of alkyl halides is 7. The lowest BCUT2D eigenvalue weighted by Crippen LogP contribution is -2.67. The first kappa shape index (κ1) is 15.3. The predicted octanol–water partition coefficient (Wildman–Crippen LogP) is 3.08. The summed E-state index contributed by atoms with van der Waals surface area (Å²) in [5, 5.41) is 12.7. The first-order chi connectivity index (χ1) is 8.95. The van der Waals surface area contributed by atoms with Crippen molar-refractivity contribution >= 4 is 5.71 Å². The standard InChI is InChI=1S/C10H10F7NO2/c11-8(12,9(13,14)10(15,16)17)7(19)5-3-1-2-4-6(5)18-20-7/h5,19H,1-4H2. The van der Waals surface area contributed by atoms with Gasteiger partial charge < -0.3 is 9.94 Å². The molecule has 10 heteroatoms. The zero-order valence-corrected chi connectivity index (χ0v) is 9.85. The van der Waals surface area contributed by atoms with Crippen LogP contribution in [0.2, 0.25) is 0 Å². The van der Waals surface area contributed by atoms with Crippen LogP contribution in [0.15, 0.2) is 5.16 Å². The zero-order chi connectivity index (χ0) is 15.4. The second-order valence-corrected chi connectivity index (χ2v) is 4.82. The lowest BCUT2D eigenvalue weighted by molar-refractivity contribution is -0.432. The first-order valence-corrected chi connectivity index (χ1v) is 5.75. The van der Waals surface area contributed by atoms with Crippen molar-refractivity contribution in [2.45, 2.75) is 49.5 Å². The van der Waals surface area contributed by atoms with Crippen LogP contribution in [0, 0.1) is 5.92 Å². The van der Waals surface area contributed by atoms with E-state index in [2.05, 4.69) is 9.99 Å². The molecule has 1 N–H and O–H groups in total. The monoisotopic (exact) mass is 309 g/mol. The number of aliphatic hydroxyl groups is 1. The number of fused-ring (bicyclic) bond motifs is 1. The van der Waals surface area contributed by atoms with Crippen LogP contribution in [0.25, 0.3) is 0 Å². The highest BCUT2D eigenvalue weighted by molar-refractivity contribution is 5.89. The highest BCUT2D eigenvalue weighted by atomic mass is 19.4. The van der Waals surface area contributed by atoms with Crippen molar-refractivity contribution in [2.75, 3.05) is 0 Å². The Morgan fingerprint density at radius 1 is 1.10 bits per heavy atom. The van der Waals surface area contributed by atoms with Crippen LogP contribution in [0.4, 0.5) is 30.7 Å². The smallest absolute Gasteiger partial charge is 0.353 e. The summed E-state index contributed by atoms with van der Waals surface area (Å²) in [6.07, 6.45) is -5.80. The summed E-state index contributed by atoms with van der Waals surface area (Å²) in [4.78, 5) is 3.95. The van der Waals surface area contributed by atoms with Crippen LogP contribution in [0.1, 0.15) is 25.7 Å². The minimum Gasteiger partial charge on any atom is -0.353 e. The number of oxime groups is 1. The summed E-state index contributed by atoms with van der Waals surface area (Å²) in [5.41, 5.74) is -0.114. The van der Waals surface area contributed by atoms with Crippen LogP contribution >= 0.6 is 0 Å². The summed E-state index contributed by atoms with van der Waals surface area (Å²) in [6, 6.07) is 0. The van der Waals surface area contributed by atoms with Gasteiger partial charge in [-0.25, -0.2) is 0 Å². The molecule has 0 spiro atoms. The fraction of sp³-hybridized carbons (Fsp3) is 0.900. The fourth-order valence-corrected chi connectivity index (χ4v) is 2.40. The van der Waals surface area contributed by atoms with Crippen LogP contribution in [-0.4, -0.2) is 34.6 Å². The van der Waals surface area contributed by atoms with Gasteiger partial charge in [-0.15, -0.1) is 0 Å². The van der Waals surface area contributed by atoms with Crippen LogP contribution < -0.4 is 0 Å². The van der Waals surface area contributed by atoms with Gasteiger partial charge >= 0.3 is 23.8 Å². The first-order valence-electron chi connectivity index (χ1n) is 5.75. The molecule has 2 atom stereocenters. The lowest BCUT2D eigenvalue weighted by Gasteiger charge is -2.39. The molecule has 116 valence electrons. The molecule has 1 heterocycles. The zero-order valence-electron chi connectivity index (χ0n) is 9.85. The van der Waals surface area contributed by atoms with Crippen molar-refractivity contribution in [3.8, 4) is 0 Å². The molecule has 1 fully saturated rings. The molecule has 0 saturated heterocycles. The van der Waals surface area contributed by atoms with Gasteiger partial charge in [-0.3, -0.25) is 0 Å². The third-order valence-corrected chi connectivity index (χ3v) is 3.55. The number of hydrogen-bond donors (Lipinski definition) is 1. The Bertz CT molecular complexity index is 434. The Hall–Kier alpha value is -1.06. The maximum atomic E-state index is 13.6. The van der Waals surface area contributed by atoms with E-state index in [-0.39, 0.29) is 18.6 Å². The summed E-state index contributed by atoms with van der Waals surface area (Å²) in [6.45, 7) is 0. The maximum absolute atomic E-state index is 13.6. The molecule has 0 aromatic carbocycles. The largest absolute Gasteiger partial charge is 0.460 e. The van der Waals surface area contributed by atoms with Gasteiger partial charge in [0.1, 0.15) is 0 Å². The van der Waals surface area contributed by atoms with E-state index in [1.807, 2.05) is 0 Å². The van der Waals surface area contributed by atoms with Crippen molar-refractivity contribution in [1.82, 2.24) is 0 Å². The van der Waals surface area contributed by atoms with E-state index in [0.717, 1.165) is 0 Å². The minimum absolute atomic E-state index is 0.112. The summed E-state index contributed by atoms with van der Waals surface area (Å²) < 4.78 is 89.7. The van der Waals surface area contributed by atoms with Gasteiger partial charge in [0.25, 0.3) is 0 Å². The van der Waals surface area contributed by atoms with Crippen molar-refractivity contribution in [3.63, 3.8) is 0 Å². The van der Waals surface area contributed by atoms with Crippen molar-refractivity contribution in [3.05, 3.63) is 0 Å². The average Bonchev–Trinajstić information content (AvgIpc) is 2.68. The van der Waals surface area contributed by atoms with E-state index < -0.39 is 29.7 Å². The molecule has 0 amide bonds. The van der Waals surface area contributed by atoms with Gasteiger partial charge in [-0.1, -0.05) is 11.6 Å². The Kier molecular flexibility index (Phi) is 3.23. The van der Waals surface area contributed by atoms with Crippen LogP contribution in [0.3, 0.4) is 0 Å². The van der Waals surface area contributed by atoms with E-state index in [9.17, 15) is 35.8 Å². The van der Waals surface area contributed by atoms with Crippen molar-refractivity contribution < 1.29 is 40.7 Å².